The van der Waals surface area contributed by atoms with Crippen molar-refractivity contribution < 1.29 is 4.39 Å². The summed E-state index contributed by atoms with van der Waals surface area (Å²) in [4.78, 5) is 0. The van der Waals surface area contributed by atoms with E-state index in [1.165, 1.54) is 6.07 Å². The third-order valence-electron chi connectivity index (χ3n) is 1.56. The monoisotopic (exact) mass is 241 g/mol. The summed E-state index contributed by atoms with van der Waals surface area (Å²) in [6.45, 7) is 0.915. The summed E-state index contributed by atoms with van der Waals surface area (Å²) in [5, 5.41) is 2.92. The van der Waals surface area contributed by atoms with Crippen LogP contribution in [0.15, 0.2) is 22.7 Å². The smallest absolute Gasteiger partial charge is 0.128 e. The molecule has 68 valence electrons. The first-order chi connectivity index (χ1) is 6.24. The molecule has 0 spiro atoms. The largest absolute Gasteiger partial charge is 0.302 e. The van der Waals surface area contributed by atoms with Crippen molar-refractivity contribution in [3.8, 4) is 12.3 Å². The van der Waals surface area contributed by atoms with Crippen molar-refractivity contribution in [1.82, 2.24) is 5.32 Å². The van der Waals surface area contributed by atoms with E-state index >= 15 is 0 Å². The third-order valence-corrected chi connectivity index (χ3v) is 2.05. The van der Waals surface area contributed by atoms with E-state index in [9.17, 15) is 4.39 Å². The maximum atomic E-state index is 13.2. The molecule has 0 heterocycles. The van der Waals surface area contributed by atoms with Crippen LogP contribution in [-0.4, -0.2) is 6.54 Å². The zero-order valence-corrected chi connectivity index (χ0v) is 8.57. The molecule has 0 bridgehead atoms. The molecule has 0 radical (unpaired) electrons. The molecule has 3 heteroatoms. The van der Waals surface area contributed by atoms with Gasteiger partial charge in [-0.25, -0.2) is 4.39 Å². The van der Waals surface area contributed by atoms with Gasteiger partial charge in [0.05, 0.1) is 6.54 Å². The Kier molecular flexibility index (Phi) is 3.94. The van der Waals surface area contributed by atoms with Gasteiger partial charge in [-0.05, 0) is 12.1 Å². The number of terminal acetylenes is 1. The van der Waals surface area contributed by atoms with Gasteiger partial charge in [0.2, 0.25) is 0 Å². The van der Waals surface area contributed by atoms with E-state index in [1.54, 1.807) is 12.1 Å². The Bertz CT molecular complexity index is 330. The average Bonchev–Trinajstić information content (AvgIpc) is 2.09. The molecule has 1 nitrogen and oxygen atoms in total. The van der Waals surface area contributed by atoms with Crippen LogP contribution in [0, 0.1) is 18.2 Å². The molecule has 0 aromatic heterocycles. The molecule has 1 N–H and O–H groups in total. The van der Waals surface area contributed by atoms with Gasteiger partial charge in [-0.1, -0.05) is 27.9 Å². The Morgan fingerprint density at radius 1 is 1.54 bits per heavy atom. The van der Waals surface area contributed by atoms with Gasteiger partial charge in [0, 0.05) is 16.6 Å². The minimum Gasteiger partial charge on any atom is -0.302 e. The van der Waals surface area contributed by atoms with Crippen molar-refractivity contribution in [2.75, 3.05) is 6.54 Å². The van der Waals surface area contributed by atoms with Crippen molar-refractivity contribution in [2.45, 2.75) is 6.54 Å². The zero-order chi connectivity index (χ0) is 9.68. The van der Waals surface area contributed by atoms with Gasteiger partial charge < -0.3 is 5.32 Å². The van der Waals surface area contributed by atoms with Crippen LogP contribution < -0.4 is 5.32 Å². The Balaban J connectivity index is 2.62. The molecule has 0 amide bonds. The first-order valence-electron chi connectivity index (χ1n) is 3.82. The number of nitrogens with one attached hydrogen (secondary N) is 1. The maximum Gasteiger partial charge on any atom is 0.128 e. The molecule has 0 aliphatic heterocycles. The van der Waals surface area contributed by atoms with Gasteiger partial charge in [-0.2, -0.15) is 0 Å². The number of halogens is 2. The lowest BCUT2D eigenvalue weighted by Gasteiger charge is -2.03. The average molecular weight is 242 g/mol. The topological polar surface area (TPSA) is 12.0 Å². The van der Waals surface area contributed by atoms with Gasteiger partial charge in [0.1, 0.15) is 5.82 Å². The standard InChI is InChI=1S/C10H9BrFN/c1-2-5-13-7-8-3-4-9(11)6-10(8)12/h1,3-4,6,13H,5,7H2. The lowest BCUT2D eigenvalue weighted by Crippen LogP contribution is -2.13. The first kappa shape index (κ1) is 10.2. The van der Waals surface area contributed by atoms with Crippen LogP contribution in [0.5, 0.6) is 0 Å². The molecule has 0 aliphatic rings. The van der Waals surface area contributed by atoms with E-state index in [0.717, 1.165) is 4.47 Å². The van der Waals surface area contributed by atoms with E-state index in [0.29, 0.717) is 18.7 Å². The minimum absolute atomic E-state index is 0.223. The highest BCUT2D eigenvalue weighted by Crippen LogP contribution is 2.14. The van der Waals surface area contributed by atoms with Crippen LogP contribution in [-0.2, 0) is 6.54 Å². The molecule has 0 saturated heterocycles. The summed E-state index contributed by atoms with van der Waals surface area (Å²) in [7, 11) is 0. The summed E-state index contributed by atoms with van der Waals surface area (Å²) < 4.78 is 13.9. The molecule has 1 rings (SSSR count). The lowest BCUT2D eigenvalue weighted by atomic mass is 10.2. The highest BCUT2D eigenvalue weighted by molar-refractivity contribution is 9.10. The van der Waals surface area contributed by atoms with E-state index < -0.39 is 0 Å². The summed E-state index contributed by atoms with van der Waals surface area (Å²) in [5.74, 6) is 2.20. The van der Waals surface area contributed by atoms with E-state index in [-0.39, 0.29) is 5.82 Å². The molecule has 1 aromatic carbocycles. The molecule has 0 saturated carbocycles. The van der Waals surface area contributed by atoms with Gasteiger partial charge >= 0.3 is 0 Å². The second-order valence-corrected chi connectivity index (χ2v) is 3.46. The first-order valence-corrected chi connectivity index (χ1v) is 4.61. The van der Waals surface area contributed by atoms with E-state index in [2.05, 4.69) is 27.2 Å². The molecular formula is C10H9BrFN. The lowest BCUT2D eigenvalue weighted by molar-refractivity contribution is 0.596. The fourth-order valence-corrected chi connectivity index (χ4v) is 1.27. The van der Waals surface area contributed by atoms with Gasteiger partial charge in [0.15, 0.2) is 0 Å². The maximum absolute atomic E-state index is 13.2. The second kappa shape index (κ2) is 5.00. The fourth-order valence-electron chi connectivity index (χ4n) is 0.934. The Hall–Kier alpha value is -0.850. The molecule has 0 fully saturated rings. The predicted molar refractivity (Wildman–Crippen MR) is 54.6 cm³/mol. The minimum atomic E-state index is -0.223. The van der Waals surface area contributed by atoms with E-state index in [4.69, 9.17) is 6.42 Å². The second-order valence-electron chi connectivity index (χ2n) is 2.54. The third kappa shape index (κ3) is 3.17. The van der Waals surface area contributed by atoms with Crippen molar-refractivity contribution in [1.29, 1.82) is 0 Å². The highest BCUT2D eigenvalue weighted by atomic mass is 79.9. The summed E-state index contributed by atoms with van der Waals surface area (Å²) in [6.07, 6.45) is 5.04. The zero-order valence-electron chi connectivity index (χ0n) is 6.98. The van der Waals surface area contributed by atoms with Crippen LogP contribution >= 0.6 is 15.9 Å². The van der Waals surface area contributed by atoms with Gasteiger partial charge in [-0.15, -0.1) is 6.42 Å². The molecule has 0 aliphatic carbocycles. The molecular weight excluding hydrogens is 233 g/mol. The SMILES string of the molecule is C#CCNCc1ccc(Br)cc1F. The molecule has 0 unspecified atom stereocenters. The summed E-state index contributed by atoms with van der Waals surface area (Å²) >= 11 is 3.19. The van der Waals surface area contributed by atoms with Crippen molar-refractivity contribution in [2.24, 2.45) is 0 Å². The summed E-state index contributed by atoms with van der Waals surface area (Å²) in [6, 6.07) is 4.96. The summed E-state index contributed by atoms with van der Waals surface area (Å²) in [5.41, 5.74) is 0.624. The normalized spacial score (nSPS) is 9.62. The van der Waals surface area contributed by atoms with Crippen molar-refractivity contribution >= 4 is 15.9 Å². The number of benzene rings is 1. The Morgan fingerprint density at radius 3 is 2.92 bits per heavy atom. The number of hydrogen-bond donors (Lipinski definition) is 1. The van der Waals surface area contributed by atoms with Crippen LogP contribution in [0.1, 0.15) is 5.56 Å². The van der Waals surface area contributed by atoms with Crippen LogP contribution in [0.4, 0.5) is 4.39 Å². The van der Waals surface area contributed by atoms with Crippen LogP contribution in [0.2, 0.25) is 0 Å². The number of rotatable bonds is 3. The molecule has 1 aromatic rings. The van der Waals surface area contributed by atoms with Crippen LogP contribution in [0.3, 0.4) is 0 Å². The Morgan fingerprint density at radius 2 is 2.31 bits per heavy atom. The fraction of sp³-hybridized carbons (Fsp3) is 0.200. The van der Waals surface area contributed by atoms with Crippen molar-refractivity contribution in [3.63, 3.8) is 0 Å². The number of hydrogen-bond acceptors (Lipinski definition) is 1. The van der Waals surface area contributed by atoms with E-state index in [1.807, 2.05) is 0 Å². The molecule has 13 heavy (non-hydrogen) atoms. The molecule has 0 atom stereocenters. The van der Waals surface area contributed by atoms with Gasteiger partial charge in [0.25, 0.3) is 0 Å². The quantitative estimate of drug-likeness (QED) is 0.633. The van der Waals surface area contributed by atoms with Crippen LogP contribution in [0.25, 0.3) is 0 Å². The van der Waals surface area contributed by atoms with Gasteiger partial charge in [-0.3, -0.25) is 0 Å². The highest BCUT2D eigenvalue weighted by Gasteiger charge is 2.00. The predicted octanol–water partition coefficient (Wildman–Crippen LogP) is 2.31. The Labute approximate surface area is 85.5 Å². The van der Waals surface area contributed by atoms with Crippen molar-refractivity contribution in [3.05, 3.63) is 34.1 Å².